The van der Waals surface area contributed by atoms with Gasteiger partial charge in [-0.3, -0.25) is 11.3 Å². The van der Waals surface area contributed by atoms with Gasteiger partial charge in [-0.25, -0.2) is 4.98 Å². The number of aryl methyl sites for hydroxylation is 2. The molecule has 3 N–H and O–H groups in total. The van der Waals surface area contributed by atoms with Gasteiger partial charge in [0.15, 0.2) is 0 Å². The molecule has 1 atom stereocenters. The van der Waals surface area contributed by atoms with Gasteiger partial charge in [-0.05, 0) is 20.3 Å². The Morgan fingerprint density at radius 3 is 2.26 bits per heavy atom. The minimum Gasteiger partial charge on any atom is -0.271 e. The fraction of sp³-hybridized carbons (Fsp3) is 0.800. The topological polar surface area (TPSA) is 50.9 Å². The van der Waals surface area contributed by atoms with E-state index in [0.717, 1.165) is 17.1 Å². The molecule has 19 heavy (non-hydrogen) atoms. The first-order chi connectivity index (χ1) is 9.19. The van der Waals surface area contributed by atoms with E-state index in [1.807, 2.05) is 0 Å². The number of thiazole rings is 1. The second-order valence-electron chi connectivity index (χ2n) is 5.31. The minimum absolute atomic E-state index is 0.279. The Balaban J connectivity index is 2.24. The molecule has 0 saturated heterocycles. The summed E-state index contributed by atoms with van der Waals surface area (Å²) in [7, 11) is 0. The van der Waals surface area contributed by atoms with Crippen molar-refractivity contribution in [3.05, 3.63) is 15.6 Å². The van der Waals surface area contributed by atoms with Crippen LogP contribution in [0.3, 0.4) is 0 Å². The van der Waals surface area contributed by atoms with Gasteiger partial charge in [0.05, 0.1) is 16.7 Å². The van der Waals surface area contributed by atoms with Crippen LogP contribution in [-0.4, -0.2) is 4.98 Å². The normalized spacial score (nSPS) is 12.8. The molecule has 4 heteroatoms. The monoisotopic (exact) mass is 283 g/mol. The third-order valence-corrected chi connectivity index (χ3v) is 4.74. The highest BCUT2D eigenvalue weighted by molar-refractivity contribution is 7.11. The molecule has 0 aromatic carbocycles. The molecular formula is C15H29N3S. The number of nitrogens with zero attached hydrogens (tertiary/aromatic N) is 1. The highest BCUT2D eigenvalue weighted by atomic mass is 32.1. The van der Waals surface area contributed by atoms with Gasteiger partial charge in [0, 0.05) is 4.88 Å². The van der Waals surface area contributed by atoms with Crippen molar-refractivity contribution in [3.8, 4) is 0 Å². The molecule has 0 aliphatic carbocycles. The molecule has 1 unspecified atom stereocenters. The lowest BCUT2D eigenvalue weighted by Gasteiger charge is -2.14. The average Bonchev–Trinajstić information content (AvgIpc) is 2.72. The first-order valence-corrected chi connectivity index (χ1v) is 8.40. The van der Waals surface area contributed by atoms with Crippen LogP contribution in [0.15, 0.2) is 0 Å². The number of aromatic nitrogens is 1. The van der Waals surface area contributed by atoms with Crippen LogP contribution < -0.4 is 11.3 Å². The van der Waals surface area contributed by atoms with Gasteiger partial charge in [-0.2, -0.15) is 0 Å². The molecule has 0 amide bonds. The maximum absolute atomic E-state index is 5.69. The quantitative estimate of drug-likeness (QED) is 0.380. The molecule has 0 bridgehead atoms. The van der Waals surface area contributed by atoms with Crippen LogP contribution in [0.2, 0.25) is 0 Å². The summed E-state index contributed by atoms with van der Waals surface area (Å²) < 4.78 is 0. The standard InChI is InChI=1S/C15H29N3S/c1-4-5-6-7-8-9-10-11-14(18-16)15-12(2)17-13(3)19-15/h14,18H,4-11,16H2,1-3H3. The average molecular weight is 283 g/mol. The number of nitrogens with two attached hydrogens (primary N) is 1. The zero-order valence-corrected chi connectivity index (χ0v) is 13.5. The highest BCUT2D eigenvalue weighted by Gasteiger charge is 2.15. The highest BCUT2D eigenvalue weighted by Crippen LogP contribution is 2.28. The molecule has 1 aromatic heterocycles. The molecule has 1 rings (SSSR count). The van der Waals surface area contributed by atoms with E-state index in [0.29, 0.717) is 0 Å². The molecule has 0 saturated carbocycles. The second kappa shape index (κ2) is 9.45. The lowest BCUT2D eigenvalue weighted by molar-refractivity contribution is 0.479. The van der Waals surface area contributed by atoms with Crippen LogP contribution in [0, 0.1) is 13.8 Å². The molecular weight excluding hydrogens is 254 g/mol. The number of unbranched alkanes of at least 4 members (excludes halogenated alkanes) is 6. The van der Waals surface area contributed by atoms with Gasteiger partial charge in [0.25, 0.3) is 0 Å². The van der Waals surface area contributed by atoms with E-state index < -0.39 is 0 Å². The summed E-state index contributed by atoms with van der Waals surface area (Å²) in [6.07, 6.45) is 10.5. The van der Waals surface area contributed by atoms with Crippen LogP contribution in [0.4, 0.5) is 0 Å². The fourth-order valence-corrected chi connectivity index (χ4v) is 3.49. The zero-order chi connectivity index (χ0) is 14.1. The van der Waals surface area contributed by atoms with E-state index in [9.17, 15) is 0 Å². The summed E-state index contributed by atoms with van der Waals surface area (Å²) in [6.45, 7) is 6.40. The van der Waals surface area contributed by atoms with Gasteiger partial charge in [0.1, 0.15) is 0 Å². The predicted molar refractivity (Wildman–Crippen MR) is 84.3 cm³/mol. The van der Waals surface area contributed by atoms with Crippen LogP contribution in [-0.2, 0) is 0 Å². The van der Waals surface area contributed by atoms with E-state index in [2.05, 4.69) is 31.2 Å². The largest absolute Gasteiger partial charge is 0.271 e. The van der Waals surface area contributed by atoms with Gasteiger partial charge in [-0.15, -0.1) is 11.3 Å². The van der Waals surface area contributed by atoms with Crippen LogP contribution in [0.1, 0.15) is 79.9 Å². The molecule has 110 valence electrons. The van der Waals surface area contributed by atoms with Gasteiger partial charge in [0.2, 0.25) is 0 Å². The molecule has 0 fully saturated rings. The lowest BCUT2D eigenvalue weighted by Crippen LogP contribution is -2.27. The molecule has 0 radical (unpaired) electrons. The van der Waals surface area contributed by atoms with Gasteiger partial charge >= 0.3 is 0 Å². The summed E-state index contributed by atoms with van der Waals surface area (Å²) in [5, 5.41) is 1.13. The fourth-order valence-electron chi connectivity index (χ4n) is 2.47. The number of hydrazine groups is 1. The summed E-state index contributed by atoms with van der Waals surface area (Å²) in [5.74, 6) is 5.69. The molecule has 0 aliphatic rings. The van der Waals surface area contributed by atoms with Crippen LogP contribution in [0.5, 0.6) is 0 Å². The zero-order valence-electron chi connectivity index (χ0n) is 12.7. The van der Waals surface area contributed by atoms with Crippen molar-refractivity contribution in [2.45, 2.75) is 78.2 Å². The smallest absolute Gasteiger partial charge is 0.0900 e. The van der Waals surface area contributed by atoms with E-state index in [1.54, 1.807) is 11.3 Å². The van der Waals surface area contributed by atoms with Crippen molar-refractivity contribution >= 4 is 11.3 Å². The maximum Gasteiger partial charge on any atom is 0.0900 e. The Kier molecular flexibility index (Phi) is 8.26. The van der Waals surface area contributed by atoms with Crippen molar-refractivity contribution in [3.63, 3.8) is 0 Å². The van der Waals surface area contributed by atoms with Gasteiger partial charge in [-0.1, -0.05) is 51.9 Å². The first-order valence-electron chi connectivity index (χ1n) is 7.59. The van der Waals surface area contributed by atoms with Crippen molar-refractivity contribution in [2.75, 3.05) is 0 Å². The first kappa shape index (κ1) is 16.6. The van der Waals surface area contributed by atoms with E-state index in [4.69, 9.17) is 5.84 Å². The summed E-state index contributed by atoms with van der Waals surface area (Å²) in [5.41, 5.74) is 4.09. The number of hydrogen-bond donors (Lipinski definition) is 2. The molecule has 3 nitrogen and oxygen atoms in total. The third-order valence-electron chi connectivity index (χ3n) is 3.55. The Bertz CT molecular complexity index is 349. The van der Waals surface area contributed by atoms with Crippen molar-refractivity contribution in [2.24, 2.45) is 5.84 Å². The Labute approximate surface area is 122 Å². The number of hydrogen-bond acceptors (Lipinski definition) is 4. The van der Waals surface area contributed by atoms with Crippen molar-refractivity contribution in [1.29, 1.82) is 0 Å². The van der Waals surface area contributed by atoms with E-state index >= 15 is 0 Å². The molecule has 0 aliphatic heterocycles. The Morgan fingerprint density at radius 1 is 1.11 bits per heavy atom. The number of nitrogens with one attached hydrogen (secondary N) is 1. The molecule has 1 aromatic rings. The maximum atomic E-state index is 5.69. The number of rotatable bonds is 10. The second-order valence-corrected chi connectivity index (χ2v) is 6.55. The molecule has 1 heterocycles. The summed E-state index contributed by atoms with van der Waals surface area (Å²) in [4.78, 5) is 5.79. The minimum atomic E-state index is 0.279. The van der Waals surface area contributed by atoms with Crippen LogP contribution in [0.25, 0.3) is 0 Å². The van der Waals surface area contributed by atoms with Gasteiger partial charge < -0.3 is 0 Å². The summed E-state index contributed by atoms with van der Waals surface area (Å²) >= 11 is 1.77. The SMILES string of the molecule is CCCCCCCCCC(NN)c1sc(C)nc1C. The Hall–Kier alpha value is -0.450. The van der Waals surface area contributed by atoms with E-state index in [1.165, 1.54) is 49.8 Å². The third kappa shape index (κ3) is 6.02. The predicted octanol–water partition coefficient (Wildman–Crippen LogP) is 4.41. The van der Waals surface area contributed by atoms with Crippen molar-refractivity contribution in [1.82, 2.24) is 10.4 Å². The lowest BCUT2D eigenvalue weighted by atomic mass is 10.0. The Morgan fingerprint density at radius 2 is 1.74 bits per heavy atom. The van der Waals surface area contributed by atoms with Crippen molar-refractivity contribution < 1.29 is 0 Å². The van der Waals surface area contributed by atoms with Crippen LogP contribution >= 0.6 is 11.3 Å². The van der Waals surface area contributed by atoms with E-state index in [-0.39, 0.29) is 6.04 Å². The molecule has 0 spiro atoms. The summed E-state index contributed by atoms with van der Waals surface area (Å²) in [6, 6.07) is 0.279.